The first-order valence-corrected chi connectivity index (χ1v) is 14.8. The summed E-state index contributed by atoms with van der Waals surface area (Å²) in [5, 5.41) is 3.36. The summed E-state index contributed by atoms with van der Waals surface area (Å²) in [5.41, 5.74) is 1.95. The predicted molar refractivity (Wildman–Crippen MR) is 157 cm³/mol. The van der Waals surface area contributed by atoms with Gasteiger partial charge >= 0.3 is 0 Å². The molecule has 0 aliphatic rings. The zero-order valence-electron chi connectivity index (χ0n) is 22.4. The molecule has 2 amide bonds. The van der Waals surface area contributed by atoms with Crippen molar-refractivity contribution in [2.45, 2.75) is 57.6 Å². The summed E-state index contributed by atoms with van der Waals surface area (Å²) in [4.78, 5) is 28.4. The van der Waals surface area contributed by atoms with Crippen LogP contribution in [0.25, 0.3) is 0 Å². The van der Waals surface area contributed by atoms with Crippen molar-refractivity contribution >= 4 is 50.7 Å². The maximum Gasteiger partial charge on any atom is 0.264 e. The van der Waals surface area contributed by atoms with E-state index in [1.165, 1.54) is 35.2 Å². The normalized spacial score (nSPS) is 12.9. The molecule has 0 aliphatic carbocycles. The van der Waals surface area contributed by atoms with Crippen LogP contribution >= 0.6 is 23.2 Å². The van der Waals surface area contributed by atoms with Gasteiger partial charge in [-0.1, -0.05) is 78.2 Å². The highest BCUT2D eigenvalue weighted by Gasteiger charge is 2.33. The summed E-state index contributed by atoms with van der Waals surface area (Å²) < 4.78 is 28.6. The number of sulfonamides is 1. The number of hydrogen-bond acceptors (Lipinski definition) is 4. The number of nitrogens with one attached hydrogen (secondary N) is 1. The van der Waals surface area contributed by atoms with Crippen LogP contribution in [0.15, 0.2) is 77.7 Å². The van der Waals surface area contributed by atoms with Crippen molar-refractivity contribution in [2.75, 3.05) is 10.8 Å². The number of hydrogen-bond donors (Lipinski definition) is 1. The quantitative estimate of drug-likeness (QED) is 0.305. The Morgan fingerprint density at radius 1 is 0.923 bits per heavy atom. The van der Waals surface area contributed by atoms with Gasteiger partial charge in [-0.3, -0.25) is 13.9 Å². The van der Waals surface area contributed by atoms with Gasteiger partial charge in [0.1, 0.15) is 12.6 Å². The van der Waals surface area contributed by atoms with Gasteiger partial charge < -0.3 is 10.2 Å². The van der Waals surface area contributed by atoms with Crippen molar-refractivity contribution in [1.82, 2.24) is 10.2 Å². The van der Waals surface area contributed by atoms with E-state index in [9.17, 15) is 18.0 Å². The molecule has 0 spiro atoms. The zero-order valence-corrected chi connectivity index (χ0v) is 24.7. The number of anilines is 1. The summed E-state index contributed by atoms with van der Waals surface area (Å²) in [6.45, 7) is 6.96. The third-order valence-electron chi connectivity index (χ3n) is 6.35. The van der Waals surface area contributed by atoms with Crippen LogP contribution < -0.4 is 9.62 Å². The zero-order chi connectivity index (χ0) is 28.7. The second-order valence-corrected chi connectivity index (χ2v) is 12.2. The molecule has 0 heterocycles. The molecule has 0 unspecified atom stereocenters. The second-order valence-electron chi connectivity index (χ2n) is 9.46. The number of benzene rings is 3. The minimum Gasteiger partial charge on any atom is -0.352 e. The molecule has 2 atom stereocenters. The standard InChI is InChI=1S/C29H33Cl2N3O4S/c1-5-21(3)32-29(36)22(4)33(18-23-11-9-10-20(2)14-23)28(35)19-34(26-16-24(30)15-25(31)17-26)39(37,38)27-12-7-6-8-13-27/h6-17,21-22H,5,18-19H2,1-4H3,(H,32,36)/t21-,22+/m0/s1. The Morgan fingerprint density at radius 3 is 2.15 bits per heavy atom. The number of halogens is 2. The van der Waals surface area contributed by atoms with Gasteiger partial charge in [-0.2, -0.15) is 0 Å². The Labute approximate surface area is 240 Å². The molecular formula is C29H33Cl2N3O4S. The molecule has 0 saturated carbocycles. The molecule has 39 heavy (non-hydrogen) atoms. The summed E-state index contributed by atoms with van der Waals surface area (Å²) in [5.74, 6) is -0.882. The third kappa shape index (κ3) is 7.97. The van der Waals surface area contributed by atoms with Crippen molar-refractivity contribution in [3.63, 3.8) is 0 Å². The van der Waals surface area contributed by atoms with Crippen molar-refractivity contribution in [3.8, 4) is 0 Å². The fraction of sp³-hybridized carbons (Fsp3) is 0.310. The van der Waals surface area contributed by atoms with Gasteiger partial charge in [-0.05, 0) is 63.1 Å². The smallest absolute Gasteiger partial charge is 0.264 e. The highest BCUT2D eigenvalue weighted by molar-refractivity contribution is 7.92. The van der Waals surface area contributed by atoms with E-state index in [0.29, 0.717) is 0 Å². The van der Waals surface area contributed by atoms with Crippen molar-refractivity contribution < 1.29 is 18.0 Å². The number of rotatable bonds is 11. The van der Waals surface area contributed by atoms with Crippen LogP contribution in [0.5, 0.6) is 0 Å². The fourth-order valence-electron chi connectivity index (χ4n) is 3.99. The van der Waals surface area contributed by atoms with E-state index in [1.807, 2.05) is 45.0 Å². The van der Waals surface area contributed by atoms with E-state index >= 15 is 0 Å². The molecule has 1 N–H and O–H groups in total. The minimum atomic E-state index is -4.20. The van der Waals surface area contributed by atoms with Crippen molar-refractivity contribution in [2.24, 2.45) is 0 Å². The average molecular weight is 591 g/mol. The molecule has 0 aromatic heterocycles. The molecule has 0 saturated heterocycles. The van der Waals surface area contributed by atoms with Gasteiger partial charge in [0, 0.05) is 22.6 Å². The first-order chi connectivity index (χ1) is 18.4. The second kappa shape index (κ2) is 13.3. The van der Waals surface area contributed by atoms with Crippen LogP contribution in [0.3, 0.4) is 0 Å². The van der Waals surface area contributed by atoms with E-state index in [2.05, 4.69) is 5.32 Å². The summed E-state index contributed by atoms with van der Waals surface area (Å²) >= 11 is 12.4. The predicted octanol–water partition coefficient (Wildman–Crippen LogP) is 5.83. The number of carbonyl (C=O) groups is 2. The molecular weight excluding hydrogens is 557 g/mol. The lowest BCUT2D eigenvalue weighted by molar-refractivity contribution is -0.139. The van der Waals surface area contributed by atoms with E-state index in [1.54, 1.807) is 25.1 Å². The SMILES string of the molecule is CC[C@H](C)NC(=O)[C@@H](C)N(Cc1cccc(C)c1)C(=O)CN(c1cc(Cl)cc(Cl)c1)S(=O)(=O)c1ccccc1. The van der Waals surface area contributed by atoms with E-state index in [-0.39, 0.29) is 39.1 Å². The van der Waals surface area contributed by atoms with Gasteiger partial charge in [0.25, 0.3) is 10.0 Å². The van der Waals surface area contributed by atoms with E-state index in [0.717, 1.165) is 21.9 Å². The number of carbonyl (C=O) groups excluding carboxylic acids is 2. The lowest BCUT2D eigenvalue weighted by atomic mass is 10.1. The van der Waals surface area contributed by atoms with Gasteiger partial charge in [0.15, 0.2) is 0 Å². The maximum absolute atomic E-state index is 13.9. The van der Waals surface area contributed by atoms with Crippen LogP contribution in [0.2, 0.25) is 10.0 Å². The highest BCUT2D eigenvalue weighted by atomic mass is 35.5. The van der Waals surface area contributed by atoms with Gasteiger partial charge in [-0.25, -0.2) is 8.42 Å². The first kappa shape index (κ1) is 30.5. The molecule has 0 radical (unpaired) electrons. The van der Waals surface area contributed by atoms with E-state index in [4.69, 9.17) is 23.2 Å². The lowest BCUT2D eigenvalue weighted by Gasteiger charge is -2.32. The summed E-state index contributed by atoms with van der Waals surface area (Å²) in [7, 11) is -4.20. The van der Waals surface area contributed by atoms with Gasteiger partial charge in [0.05, 0.1) is 10.6 Å². The maximum atomic E-state index is 13.9. The number of nitrogens with zero attached hydrogens (tertiary/aromatic N) is 2. The van der Waals surface area contributed by atoms with E-state index < -0.39 is 28.5 Å². The molecule has 10 heteroatoms. The molecule has 0 fully saturated rings. The Morgan fingerprint density at radius 2 is 1.56 bits per heavy atom. The monoisotopic (exact) mass is 589 g/mol. The Kier molecular flexibility index (Phi) is 10.4. The lowest BCUT2D eigenvalue weighted by Crippen LogP contribution is -2.52. The van der Waals surface area contributed by atoms with Crippen molar-refractivity contribution in [1.29, 1.82) is 0 Å². The van der Waals surface area contributed by atoms with Gasteiger partial charge in [0.2, 0.25) is 11.8 Å². The topological polar surface area (TPSA) is 86.8 Å². The van der Waals surface area contributed by atoms with Gasteiger partial charge in [-0.15, -0.1) is 0 Å². The molecule has 3 aromatic rings. The largest absolute Gasteiger partial charge is 0.352 e. The summed E-state index contributed by atoms with van der Waals surface area (Å²) in [6, 6.07) is 18.8. The summed E-state index contributed by atoms with van der Waals surface area (Å²) in [6.07, 6.45) is 0.725. The third-order valence-corrected chi connectivity index (χ3v) is 8.57. The fourth-order valence-corrected chi connectivity index (χ4v) is 5.92. The highest BCUT2D eigenvalue weighted by Crippen LogP contribution is 2.30. The van der Waals surface area contributed by atoms with Crippen LogP contribution in [0, 0.1) is 6.92 Å². The molecule has 3 aromatic carbocycles. The molecule has 0 bridgehead atoms. The molecule has 208 valence electrons. The van der Waals surface area contributed by atoms with Crippen LogP contribution in [0.1, 0.15) is 38.3 Å². The Hall–Kier alpha value is -3.07. The first-order valence-electron chi connectivity index (χ1n) is 12.6. The molecule has 0 aliphatic heterocycles. The average Bonchev–Trinajstić information content (AvgIpc) is 2.89. The minimum absolute atomic E-state index is 0.00157. The Balaban J connectivity index is 2.05. The van der Waals surface area contributed by atoms with Crippen LogP contribution in [-0.4, -0.2) is 43.8 Å². The molecule has 3 rings (SSSR count). The molecule has 7 nitrogen and oxygen atoms in total. The Bertz CT molecular complexity index is 1400. The van der Waals surface area contributed by atoms with Crippen LogP contribution in [-0.2, 0) is 26.2 Å². The van der Waals surface area contributed by atoms with Crippen molar-refractivity contribution in [3.05, 3.63) is 94.0 Å². The number of amides is 2. The van der Waals surface area contributed by atoms with Crippen LogP contribution in [0.4, 0.5) is 5.69 Å². The number of aryl methyl sites for hydroxylation is 1.